The fourth-order valence-corrected chi connectivity index (χ4v) is 3.08. The van der Waals surface area contributed by atoms with E-state index in [-0.39, 0.29) is 5.91 Å². The van der Waals surface area contributed by atoms with Gasteiger partial charge in [0.1, 0.15) is 0 Å². The molecule has 5 nitrogen and oxygen atoms in total. The van der Waals surface area contributed by atoms with Gasteiger partial charge in [0.05, 0.1) is 0 Å². The van der Waals surface area contributed by atoms with E-state index in [9.17, 15) is 4.79 Å². The highest BCUT2D eigenvalue weighted by Gasteiger charge is 2.20. The number of nitrogens with one attached hydrogen (secondary N) is 2. The fourth-order valence-electron chi connectivity index (χ4n) is 3.08. The Morgan fingerprint density at radius 3 is 2.64 bits per heavy atom. The summed E-state index contributed by atoms with van der Waals surface area (Å²) >= 11 is 0. The van der Waals surface area contributed by atoms with Crippen LogP contribution in [0.4, 0.5) is 0 Å². The standard InChI is InChI=1S/C20H32N4O/c1-16(2)8-6-12-22-20(21-3)23-14-17-9-4-5-10-18(17)15-24-13-7-11-19(24)25/h4-5,9-10,16H,6-8,11-15H2,1-3H3,(H2,21,22,23). The highest BCUT2D eigenvalue weighted by molar-refractivity contribution is 5.79. The molecule has 0 aliphatic carbocycles. The molecule has 2 rings (SSSR count). The molecule has 1 aromatic rings. The van der Waals surface area contributed by atoms with E-state index in [1.807, 2.05) is 17.0 Å². The first-order chi connectivity index (χ1) is 12.1. The summed E-state index contributed by atoms with van der Waals surface area (Å²) in [6.45, 7) is 7.71. The third-order valence-corrected chi connectivity index (χ3v) is 4.57. The van der Waals surface area contributed by atoms with E-state index in [0.717, 1.165) is 37.8 Å². The van der Waals surface area contributed by atoms with Crippen LogP contribution in [-0.2, 0) is 17.9 Å². The zero-order valence-corrected chi connectivity index (χ0v) is 15.8. The van der Waals surface area contributed by atoms with Gasteiger partial charge >= 0.3 is 0 Å². The van der Waals surface area contributed by atoms with E-state index in [1.54, 1.807) is 7.05 Å². The van der Waals surface area contributed by atoms with Crippen LogP contribution in [0.5, 0.6) is 0 Å². The molecule has 1 heterocycles. The number of rotatable bonds is 8. The zero-order chi connectivity index (χ0) is 18.1. The number of carbonyl (C=O) groups excluding carboxylic acids is 1. The molecule has 0 unspecified atom stereocenters. The zero-order valence-electron chi connectivity index (χ0n) is 15.8. The number of guanidine groups is 1. The van der Waals surface area contributed by atoms with Crippen LogP contribution < -0.4 is 10.6 Å². The van der Waals surface area contributed by atoms with E-state index in [4.69, 9.17) is 0 Å². The molecule has 0 saturated carbocycles. The van der Waals surface area contributed by atoms with E-state index >= 15 is 0 Å². The van der Waals surface area contributed by atoms with Gasteiger partial charge in [-0.3, -0.25) is 9.79 Å². The summed E-state index contributed by atoms with van der Waals surface area (Å²) in [5.74, 6) is 1.83. The van der Waals surface area contributed by atoms with Gasteiger partial charge in [-0.1, -0.05) is 38.1 Å². The minimum atomic E-state index is 0.269. The Bertz CT molecular complexity index is 583. The van der Waals surface area contributed by atoms with E-state index in [2.05, 4.69) is 41.6 Å². The predicted octanol–water partition coefficient (Wildman–Crippen LogP) is 2.91. The second-order valence-corrected chi connectivity index (χ2v) is 7.08. The average Bonchev–Trinajstić information content (AvgIpc) is 3.00. The molecule has 2 N–H and O–H groups in total. The summed E-state index contributed by atoms with van der Waals surface area (Å²) in [4.78, 5) is 18.1. The molecule has 0 atom stereocenters. The Balaban J connectivity index is 1.85. The van der Waals surface area contributed by atoms with Gasteiger partial charge in [-0.05, 0) is 36.3 Å². The maximum atomic E-state index is 11.9. The lowest BCUT2D eigenvalue weighted by Gasteiger charge is -2.19. The molecule has 25 heavy (non-hydrogen) atoms. The molecule has 1 saturated heterocycles. The maximum Gasteiger partial charge on any atom is 0.222 e. The second kappa shape index (κ2) is 10.1. The second-order valence-electron chi connectivity index (χ2n) is 7.08. The van der Waals surface area contributed by atoms with Crippen LogP contribution in [0.15, 0.2) is 29.3 Å². The van der Waals surface area contributed by atoms with E-state index in [0.29, 0.717) is 19.5 Å². The van der Waals surface area contributed by atoms with Crippen molar-refractivity contribution in [3.05, 3.63) is 35.4 Å². The number of hydrogen-bond donors (Lipinski definition) is 2. The van der Waals surface area contributed by atoms with Crippen molar-refractivity contribution in [2.45, 2.75) is 52.6 Å². The maximum absolute atomic E-state index is 11.9. The molecule has 138 valence electrons. The third kappa shape index (κ3) is 6.40. The smallest absolute Gasteiger partial charge is 0.222 e. The van der Waals surface area contributed by atoms with Gasteiger partial charge in [0.15, 0.2) is 5.96 Å². The van der Waals surface area contributed by atoms with Crippen LogP contribution in [0.25, 0.3) is 0 Å². The van der Waals surface area contributed by atoms with Gasteiger partial charge in [0, 0.05) is 39.6 Å². The van der Waals surface area contributed by atoms with Crippen molar-refractivity contribution in [3.8, 4) is 0 Å². The van der Waals surface area contributed by atoms with Crippen LogP contribution in [0.2, 0.25) is 0 Å². The number of aliphatic imine (C=N–C) groups is 1. The van der Waals surface area contributed by atoms with Crippen molar-refractivity contribution < 1.29 is 4.79 Å². The Morgan fingerprint density at radius 1 is 1.24 bits per heavy atom. The summed E-state index contributed by atoms with van der Waals surface area (Å²) in [7, 11) is 1.80. The van der Waals surface area contributed by atoms with Crippen molar-refractivity contribution in [2.75, 3.05) is 20.1 Å². The SMILES string of the molecule is CN=C(NCCCC(C)C)NCc1ccccc1CN1CCCC1=O. The van der Waals surface area contributed by atoms with E-state index < -0.39 is 0 Å². The third-order valence-electron chi connectivity index (χ3n) is 4.57. The van der Waals surface area contributed by atoms with Gasteiger partial charge in [-0.2, -0.15) is 0 Å². The summed E-state index contributed by atoms with van der Waals surface area (Å²) in [6.07, 6.45) is 4.03. The minimum Gasteiger partial charge on any atom is -0.356 e. The fraction of sp³-hybridized carbons (Fsp3) is 0.600. The Morgan fingerprint density at radius 2 is 2.00 bits per heavy atom. The Labute approximate surface area is 151 Å². The normalized spacial score (nSPS) is 15.1. The predicted molar refractivity (Wildman–Crippen MR) is 103 cm³/mol. The Kier molecular flexibility index (Phi) is 7.76. The highest BCUT2D eigenvalue weighted by Crippen LogP contribution is 2.17. The first-order valence-corrected chi connectivity index (χ1v) is 9.39. The van der Waals surface area contributed by atoms with Crippen molar-refractivity contribution >= 4 is 11.9 Å². The first kappa shape index (κ1) is 19.3. The lowest BCUT2D eigenvalue weighted by atomic mass is 10.1. The molecule has 1 aliphatic rings. The summed E-state index contributed by atoms with van der Waals surface area (Å²) in [5, 5.41) is 6.75. The van der Waals surface area contributed by atoms with Crippen molar-refractivity contribution in [2.24, 2.45) is 10.9 Å². The van der Waals surface area contributed by atoms with Crippen molar-refractivity contribution in [3.63, 3.8) is 0 Å². The monoisotopic (exact) mass is 344 g/mol. The van der Waals surface area contributed by atoms with Crippen LogP contribution in [0, 0.1) is 5.92 Å². The molecule has 0 aromatic heterocycles. The summed E-state index contributed by atoms with van der Waals surface area (Å²) in [5.41, 5.74) is 2.42. The van der Waals surface area contributed by atoms with Crippen LogP contribution >= 0.6 is 0 Å². The molecule has 5 heteroatoms. The molecule has 0 radical (unpaired) electrons. The quantitative estimate of drug-likeness (QED) is 0.433. The van der Waals surface area contributed by atoms with Crippen LogP contribution in [0.3, 0.4) is 0 Å². The number of amides is 1. The van der Waals surface area contributed by atoms with Crippen LogP contribution in [-0.4, -0.2) is 36.9 Å². The molecule has 0 bridgehead atoms. The molecule has 1 aromatic carbocycles. The van der Waals surface area contributed by atoms with Gasteiger partial charge in [0.25, 0.3) is 0 Å². The van der Waals surface area contributed by atoms with Gasteiger partial charge in [0.2, 0.25) is 5.91 Å². The average molecular weight is 345 g/mol. The number of carbonyl (C=O) groups is 1. The molecular weight excluding hydrogens is 312 g/mol. The Hall–Kier alpha value is -2.04. The lowest BCUT2D eigenvalue weighted by molar-refractivity contribution is -0.128. The number of hydrogen-bond acceptors (Lipinski definition) is 2. The van der Waals surface area contributed by atoms with E-state index in [1.165, 1.54) is 17.5 Å². The number of nitrogens with zero attached hydrogens (tertiary/aromatic N) is 2. The lowest BCUT2D eigenvalue weighted by Crippen LogP contribution is -2.37. The van der Waals surface area contributed by atoms with Crippen LogP contribution in [0.1, 0.15) is 50.7 Å². The molecule has 1 aliphatic heterocycles. The number of benzene rings is 1. The molecule has 0 spiro atoms. The van der Waals surface area contributed by atoms with Gasteiger partial charge < -0.3 is 15.5 Å². The minimum absolute atomic E-state index is 0.269. The highest BCUT2D eigenvalue weighted by atomic mass is 16.2. The first-order valence-electron chi connectivity index (χ1n) is 9.39. The molecular formula is C20H32N4O. The molecule has 1 amide bonds. The van der Waals surface area contributed by atoms with Gasteiger partial charge in [-0.25, -0.2) is 0 Å². The molecule has 1 fully saturated rings. The van der Waals surface area contributed by atoms with Crippen molar-refractivity contribution in [1.82, 2.24) is 15.5 Å². The van der Waals surface area contributed by atoms with Gasteiger partial charge in [-0.15, -0.1) is 0 Å². The number of likely N-dealkylation sites (tertiary alicyclic amines) is 1. The summed E-state index contributed by atoms with van der Waals surface area (Å²) in [6, 6.07) is 8.32. The van der Waals surface area contributed by atoms with Crippen molar-refractivity contribution in [1.29, 1.82) is 0 Å². The summed E-state index contributed by atoms with van der Waals surface area (Å²) < 4.78 is 0. The topological polar surface area (TPSA) is 56.7 Å². The largest absolute Gasteiger partial charge is 0.356 e.